The Morgan fingerprint density at radius 1 is 1.13 bits per heavy atom. The molecule has 1 aliphatic heterocycles. The first-order valence-electron chi connectivity index (χ1n) is 6.70. The van der Waals surface area contributed by atoms with E-state index in [9.17, 15) is 0 Å². The van der Waals surface area contributed by atoms with Crippen LogP contribution in [-0.4, -0.2) is 31.6 Å². The van der Waals surface area contributed by atoms with Crippen molar-refractivity contribution in [3.05, 3.63) is 0 Å². The van der Waals surface area contributed by atoms with Crippen LogP contribution < -0.4 is 5.73 Å². The molecule has 1 aliphatic carbocycles. The Hall–Kier alpha value is -0.0800. The second-order valence-corrected chi connectivity index (χ2v) is 5.57. The summed E-state index contributed by atoms with van der Waals surface area (Å²) in [6.45, 7) is 3.50. The van der Waals surface area contributed by atoms with Crippen molar-refractivity contribution in [3.8, 4) is 0 Å². The topological polar surface area (TPSA) is 29.3 Å². The largest absolute Gasteiger partial charge is 0.330 e. The zero-order chi connectivity index (χ0) is 10.7. The molecule has 1 heterocycles. The Morgan fingerprint density at radius 3 is 2.20 bits per heavy atom. The highest BCUT2D eigenvalue weighted by Crippen LogP contribution is 2.41. The highest BCUT2D eigenvalue weighted by atomic mass is 15.1. The molecular weight excluding hydrogens is 184 g/mol. The Labute approximate surface area is 94.2 Å². The van der Waals surface area contributed by atoms with E-state index in [-0.39, 0.29) is 0 Å². The van der Waals surface area contributed by atoms with Gasteiger partial charge in [-0.05, 0) is 63.7 Å². The second kappa shape index (κ2) is 5.31. The maximum atomic E-state index is 5.77. The van der Waals surface area contributed by atoms with Gasteiger partial charge in [-0.25, -0.2) is 0 Å². The molecule has 2 fully saturated rings. The first-order chi connectivity index (χ1) is 7.31. The highest BCUT2D eigenvalue weighted by molar-refractivity contribution is 4.85. The van der Waals surface area contributed by atoms with E-state index >= 15 is 0 Å². The van der Waals surface area contributed by atoms with Crippen LogP contribution in [0.2, 0.25) is 0 Å². The number of nitrogens with two attached hydrogens (primary N) is 1. The molecule has 2 N–H and O–H groups in total. The summed E-state index contributed by atoms with van der Waals surface area (Å²) < 4.78 is 0. The summed E-state index contributed by atoms with van der Waals surface area (Å²) in [5, 5.41) is 0. The molecule has 1 saturated carbocycles. The molecule has 0 spiro atoms. The van der Waals surface area contributed by atoms with Gasteiger partial charge in [-0.15, -0.1) is 0 Å². The maximum Gasteiger partial charge on any atom is -0.00190 e. The van der Waals surface area contributed by atoms with Crippen LogP contribution in [0.15, 0.2) is 0 Å². The molecule has 2 heteroatoms. The summed E-state index contributed by atoms with van der Waals surface area (Å²) in [6.07, 6.45) is 8.54. The lowest BCUT2D eigenvalue weighted by Gasteiger charge is -2.42. The van der Waals surface area contributed by atoms with Crippen molar-refractivity contribution in [3.63, 3.8) is 0 Å². The minimum Gasteiger partial charge on any atom is -0.330 e. The van der Waals surface area contributed by atoms with Gasteiger partial charge in [0.2, 0.25) is 0 Å². The van der Waals surface area contributed by atoms with Crippen LogP contribution >= 0.6 is 0 Å². The van der Waals surface area contributed by atoms with E-state index in [0.717, 1.165) is 24.3 Å². The Kier molecular flexibility index (Phi) is 4.04. The van der Waals surface area contributed by atoms with Gasteiger partial charge in [-0.1, -0.05) is 19.3 Å². The van der Waals surface area contributed by atoms with Crippen molar-refractivity contribution in [1.29, 1.82) is 0 Å². The molecule has 0 bridgehead atoms. The third-order valence-corrected chi connectivity index (χ3v) is 4.62. The van der Waals surface area contributed by atoms with E-state index in [1.807, 2.05) is 0 Å². The van der Waals surface area contributed by atoms with Gasteiger partial charge in [0.05, 0.1) is 0 Å². The average Bonchev–Trinajstić information content (AvgIpc) is 2.16. The first kappa shape index (κ1) is 11.4. The average molecular weight is 210 g/mol. The molecule has 88 valence electrons. The number of likely N-dealkylation sites (tertiary alicyclic amines) is 1. The maximum absolute atomic E-state index is 5.77. The normalized spacial score (nSPS) is 27.6. The number of piperidine rings is 1. The summed E-state index contributed by atoms with van der Waals surface area (Å²) in [5.41, 5.74) is 5.77. The molecule has 0 aromatic carbocycles. The summed E-state index contributed by atoms with van der Waals surface area (Å²) in [4.78, 5) is 2.47. The van der Waals surface area contributed by atoms with Crippen molar-refractivity contribution in [2.24, 2.45) is 23.5 Å². The predicted octanol–water partition coefficient (Wildman–Crippen LogP) is 2.09. The third kappa shape index (κ3) is 2.73. The van der Waals surface area contributed by atoms with E-state index in [0.29, 0.717) is 0 Å². The molecule has 1 atom stereocenters. The first-order valence-corrected chi connectivity index (χ1v) is 6.70. The zero-order valence-corrected chi connectivity index (χ0v) is 10.1. The van der Waals surface area contributed by atoms with Crippen molar-refractivity contribution in [2.75, 3.05) is 26.7 Å². The van der Waals surface area contributed by atoms with Crippen LogP contribution in [0.4, 0.5) is 0 Å². The molecule has 0 aromatic rings. The smallest absolute Gasteiger partial charge is 0.00190 e. The van der Waals surface area contributed by atoms with Crippen LogP contribution in [0.1, 0.15) is 38.5 Å². The van der Waals surface area contributed by atoms with Crippen molar-refractivity contribution in [2.45, 2.75) is 38.5 Å². The Bertz CT molecular complexity index is 181. The fourth-order valence-electron chi connectivity index (χ4n) is 3.37. The standard InChI is InChI=1S/C13H26N2/c1-15-9-6-12(7-10-15)13(5-8-14)11-3-2-4-11/h11-13H,2-10,14H2,1H3. The fraction of sp³-hybridized carbons (Fsp3) is 1.00. The minimum atomic E-state index is 0.896. The molecule has 0 radical (unpaired) electrons. The number of hydrogen-bond donors (Lipinski definition) is 1. The predicted molar refractivity (Wildman–Crippen MR) is 64.7 cm³/mol. The summed E-state index contributed by atoms with van der Waals surface area (Å²) in [5.74, 6) is 2.97. The number of hydrogen-bond acceptors (Lipinski definition) is 2. The highest BCUT2D eigenvalue weighted by Gasteiger charge is 2.33. The SMILES string of the molecule is CN1CCC(C(CCN)C2CCC2)CC1. The Morgan fingerprint density at radius 2 is 1.73 bits per heavy atom. The summed E-state index contributed by atoms with van der Waals surface area (Å²) >= 11 is 0. The second-order valence-electron chi connectivity index (χ2n) is 5.57. The zero-order valence-electron chi connectivity index (χ0n) is 10.1. The van der Waals surface area contributed by atoms with Crippen molar-refractivity contribution >= 4 is 0 Å². The van der Waals surface area contributed by atoms with Gasteiger partial charge in [0.25, 0.3) is 0 Å². The lowest BCUT2D eigenvalue weighted by molar-refractivity contribution is 0.0881. The lowest BCUT2D eigenvalue weighted by atomic mass is 9.67. The van der Waals surface area contributed by atoms with E-state index < -0.39 is 0 Å². The molecule has 2 nitrogen and oxygen atoms in total. The van der Waals surface area contributed by atoms with Gasteiger partial charge in [-0.3, -0.25) is 0 Å². The van der Waals surface area contributed by atoms with E-state index in [1.54, 1.807) is 0 Å². The van der Waals surface area contributed by atoms with Gasteiger partial charge in [-0.2, -0.15) is 0 Å². The van der Waals surface area contributed by atoms with Gasteiger partial charge in [0, 0.05) is 0 Å². The number of rotatable bonds is 4. The van der Waals surface area contributed by atoms with Crippen LogP contribution in [0.5, 0.6) is 0 Å². The molecule has 2 aliphatic rings. The van der Waals surface area contributed by atoms with E-state index in [4.69, 9.17) is 5.73 Å². The fourth-order valence-corrected chi connectivity index (χ4v) is 3.37. The van der Waals surface area contributed by atoms with Gasteiger partial charge in [0.15, 0.2) is 0 Å². The molecule has 1 saturated heterocycles. The van der Waals surface area contributed by atoms with Gasteiger partial charge >= 0.3 is 0 Å². The summed E-state index contributed by atoms with van der Waals surface area (Å²) in [7, 11) is 2.25. The van der Waals surface area contributed by atoms with Crippen LogP contribution in [0.3, 0.4) is 0 Å². The Balaban J connectivity index is 1.86. The lowest BCUT2D eigenvalue weighted by Crippen LogP contribution is -2.38. The third-order valence-electron chi connectivity index (χ3n) is 4.62. The van der Waals surface area contributed by atoms with Gasteiger partial charge < -0.3 is 10.6 Å². The minimum absolute atomic E-state index is 0.896. The molecule has 1 unspecified atom stereocenters. The monoisotopic (exact) mass is 210 g/mol. The molecule has 15 heavy (non-hydrogen) atoms. The van der Waals surface area contributed by atoms with E-state index in [1.165, 1.54) is 51.6 Å². The quantitative estimate of drug-likeness (QED) is 0.770. The van der Waals surface area contributed by atoms with Crippen molar-refractivity contribution in [1.82, 2.24) is 4.90 Å². The van der Waals surface area contributed by atoms with Crippen molar-refractivity contribution < 1.29 is 0 Å². The van der Waals surface area contributed by atoms with Crippen LogP contribution in [0.25, 0.3) is 0 Å². The molecule has 2 rings (SSSR count). The van der Waals surface area contributed by atoms with Gasteiger partial charge in [0.1, 0.15) is 0 Å². The molecule has 0 aromatic heterocycles. The summed E-state index contributed by atoms with van der Waals surface area (Å²) in [6, 6.07) is 0. The number of nitrogens with zero attached hydrogens (tertiary/aromatic N) is 1. The molecule has 0 amide bonds. The van der Waals surface area contributed by atoms with Crippen LogP contribution in [0, 0.1) is 17.8 Å². The van der Waals surface area contributed by atoms with E-state index in [2.05, 4.69) is 11.9 Å². The molecular formula is C13H26N2. The van der Waals surface area contributed by atoms with Crippen LogP contribution in [-0.2, 0) is 0 Å².